The summed E-state index contributed by atoms with van der Waals surface area (Å²) in [5, 5.41) is 7.45. The number of fused-ring (bicyclic) bond motifs is 1. The van der Waals surface area contributed by atoms with E-state index in [1.54, 1.807) is 12.7 Å². The third kappa shape index (κ3) is 3.47. The highest BCUT2D eigenvalue weighted by Crippen LogP contribution is 2.42. The minimum absolute atomic E-state index is 0.456. The molecule has 0 unspecified atom stereocenters. The first-order valence-electron chi connectivity index (χ1n) is 7.98. The lowest BCUT2D eigenvalue weighted by atomic mass is 9.80. The van der Waals surface area contributed by atoms with Gasteiger partial charge in [-0.2, -0.15) is 0 Å². The van der Waals surface area contributed by atoms with Gasteiger partial charge in [0.2, 0.25) is 0 Å². The van der Waals surface area contributed by atoms with Gasteiger partial charge in [-0.05, 0) is 47.1 Å². The molecule has 0 saturated heterocycles. The molecule has 1 aromatic carbocycles. The lowest BCUT2D eigenvalue weighted by Crippen LogP contribution is -2.35. The van der Waals surface area contributed by atoms with Crippen LogP contribution in [0.2, 0.25) is 0 Å². The zero-order chi connectivity index (χ0) is 14.5. The summed E-state index contributed by atoms with van der Waals surface area (Å²) in [4.78, 5) is 0. The van der Waals surface area contributed by atoms with E-state index in [1.165, 1.54) is 42.2 Å². The smallest absolute Gasteiger partial charge is 0.0587 e. The normalized spacial score (nSPS) is 17.6. The van der Waals surface area contributed by atoms with E-state index in [-0.39, 0.29) is 0 Å². The zero-order valence-corrected chi connectivity index (χ0v) is 13.7. The highest BCUT2D eigenvalue weighted by Gasteiger charge is 2.34. The van der Waals surface area contributed by atoms with Gasteiger partial charge >= 0.3 is 0 Å². The second-order valence-corrected chi connectivity index (χ2v) is 7.22. The summed E-state index contributed by atoms with van der Waals surface area (Å²) >= 11 is 1.89. The van der Waals surface area contributed by atoms with E-state index in [4.69, 9.17) is 4.74 Å². The van der Waals surface area contributed by atoms with E-state index in [9.17, 15) is 0 Å². The number of rotatable bonds is 7. The minimum atomic E-state index is 0.456. The van der Waals surface area contributed by atoms with Gasteiger partial charge in [-0.1, -0.05) is 31.0 Å². The molecule has 1 aliphatic carbocycles. The second kappa shape index (κ2) is 6.91. The quantitative estimate of drug-likeness (QED) is 0.773. The molecule has 1 heterocycles. The molecule has 114 valence electrons. The molecule has 1 saturated carbocycles. The van der Waals surface area contributed by atoms with Crippen molar-refractivity contribution in [2.75, 3.05) is 26.8 Å². The van der Waals surface area contributed by atoms with Crippen LogP contribution in [0, 0.1) is 5.41 Å². The summed E-state index contributed by atoms with van der Waals surface area (Å²) in [6, 6.07) is 8.82. The third-order valence-electron chi connectivity index (χ3n) is 4.77. The van der Waals surface area contributed by atoms with Gasteiger partial charge in [0.25, 0.3) is 0 Å². The SMILES string of the molecule is COCCNCC1(Cc2csc3ccccc23)CCCC1. The van der Waals surface area contributed by atoms with Crippen LogP contribution in [0.25, 0.3) is 10.1 Å². The molecule has 0 radical (unpaired) electrons. The predicted molar refractivity (Wildman–Crippen MR) is 91.2 cm³/mol. The first-order valence-corrected chi connectivity index (χ1v) is 8.86. The van der Waals surface area contributed by atoms with Gasteiger partial charge in [0, 0.05) is 24.9 Å². The van der Waals surface area contributed by atoms with Crippen molar-refractivity contribution in [1.29, 1.82) is 0 Å². The van der Waals surface area contributed by atoms with Gasteiger partial charge in [-0.3, -0.25) is 0 Å². The number of ether oxygens (including phenoxy) is 1. The Morgan fingerprint density at radius 1 is 1.24 bits per heavy atom. The Bertz CT molecular complexity index is 571. The Kier molecular flexibility index (Phi) is 4.94. The maximum Gasteiger partial charge on any atom is 0.0587 e. The summed E-state index contributed by atoms with van der Waals surface area (Å²) in [6.07, 6.45) is 6.70. The molecule has 0 aliphatic heterocycles. The van der Waals surface area contributed by atoms with Crippen LogP contribution >= 0.6 is 11.3 Å². The van der Waals surface area contributed by atoms with Crippen molar-refractivity contribution >= 4 is 21.4 Å². The van der Waals surface area contributed by atoms with E-state index in [0.717, 1.165) is 19.7 Å². The van der Waals surface area contributed by atoms with E-state index in [2.05, 4.69) is 35.0 Å². The summed E-state index contributed by atoms with van der Waals surface area (Å²) < 4.78 is 6.57. The fourth-order valence-electron chi connectivity index (χ4n) is 3.64. The van der Waals surface area contributed by atoms with Crippen LogP contribution in [0.15, 0.2) is 29.6 Å². The first kappa shape index (κ1) is 15.0. The molecule has 1 aliphatic rings. The average Bonchev–Trinajstić information content (AvgIpc) is 3.13. The molecule has 3 rings (SSSR count). The molecular formula is C18H25NOS. The van der Waals surface area contributed by atoms with Gasteiger partial charge in [-0.25, -0.2) is 0 Å². The summed E-state index contributed by atoms with van der Waals surface area (Å²) in [6.45, 7) is 2.89. The molecule has 2 nitrogen and oxygen atoms in total. The van der Waals surface area contributed by atoms with Crippen molar-refractivity contribution < 1.29 is 4.74 Å². The van der Waals surface area contributed by atoms with Crippen LogP contribution in [0.4, 0.5) is 0 Å². The number of nitrogens with one attached hydrogen (secondary N) is 1. The molecule has 1 fully saturated rings. The zero-order valence-electron chi connectivity index (χ0n) is 12.9. The van der Waals surface area contributed by atoms with Crippen molar-refractivity contribution in [3.05, 3.63) is 35.2 Å². The number of thiophene rings is 1. The summed E-state index contributed by atoms with van der Waals surface area (Å²) in [7, 11) is 1.77. The van der Waals surface area contributed by atoms with E-state index < -0.39 is 0 Å². The highest BCUT2D eigenvalue weighted by atomic mass is 32.1. The lowest BCUT2D eigenvalue weighted by Gasteiger charge is -2.29. The lowest BCUT2D eigenvalue weighted by molar-refractivity contribution is 0.190. The van der Waals surface area contributed by atoms with Crippen molar-refractivity contribution in [2.24, 2.45) is 5.41 Å². The van der Waals surface area contributed by atoms with Crippen molar-refractivity contribution in [3.8, 4) is 0 Å². The Balaban J connectivity index is 1.72. The fraction of sp³-hybridized carbons (Fsp3) is 0.556. The molecule has 2 aromatic rings. The average molecular weight is 303 g/mol. The van der Waals surface area contributed by atoms with Gasteiger partial charge in [0.15, 0.2) is 0 Å². The molecule has 3 heteroatoms. The van der Waals surface area contributed by atoms with E-state index in [1.807, 2.05) is 11.3 Å². The fourth-order valence-corrected chi connectivity index (χ4v) is 4.61. The van der Waals surface area contributed by atoms with Crippen LogP contribution in [0.1, 0.15) is 31.2 Å². The molecule has 21 heavy (non-hydrogen) atoms. The van der Waals surface area contributed by atoms with Crippen LogP contribution in [0.3, 0.4) is 0 Å². The Morgan fingerprint density at radius 2 is 2.05 bits per heavy atom. The third-order valence-corrected chi connectivity index (χ3v) is 5.79. The topological polar surface area (TPSA) is 21.3 Å². The summed E-state index contributed by atoms with van der Waals surface area (Å²) in [5.74, 6) is 0. The number of benzene rings is 1. The highest BCUT2D eigenvalue weighted by molar-refractivity contribution is 7.17. The minimum Gasteiger partial charge on any atom is -0.383 e. The molecule has 0 bridgehead atoms. The molecule has 1 aromatic heterocycles. The van der Waals surface area contributed by atoms with Crippen molar-refractivity contribution in [3.63, 3.8) is 0 Å². The number of hydrogen-bond donors (Lipinski definition) is 1. The van der Waals surface area contributed by atoms with Crippen LogP contribution in [0.5, 0.6) is 0 Å². The molecule has 0 atom stereocenters. The van der Waals surface area contributed by atoms with Gasteiger partial charge < -0.3 is 10.1 Å². The Morgan fingerprint density at radius 3 is 2.86 bits per heavy atom. The van der Waals surface area contributed by atoms with Crippen LogP contribution < -0.4 is 5.32 Å². The van der Waals surface area contributed by atoms with Gasteiger partial charge in [-0.15, -0.1) is 11.3 Å². The standard InChI is InChI=1S/C18H25NOS/c1-20-11-10-19-14-18(8-4-5-9-18)12-15-13-21-17-7-3-2-6-16(15)17/h2-3,6-7,13,19H,4-5,8-12,14H2,1H3. The maximum atomic E-state index is 5.14. The Labute approximate surface area is 131 Å². The number of methoxy groups -OCH3 is 1. The van der Waals surface area contributed by atoms with Crippen molar-refractivity contribution in [2.45, 2.75) is 32.1 Å². The van der Waals surface area contributed by atoms with Gasteiger partial charge in [0.1, 0.15) is 0 Å². The van der Waals surface area contributed by atoms with Gasteiger partial charge in [0.05, 0.1) is 6.61 Å². The monoisotopic (exact) mass is 303 g/mol. The summed E-state index contributed by atoms with van der Waals surface area (Å²) in [5.41, 5.74) is 2.00. The molecule has 0 amide bonds. The first-order chi connectivity index (χ1) is 10.3. The second-order valence-electron chi connectivity index (χ2n) is 6.31. The van der Waals surface area contributed by atoms with Crippen LogP contribution in [-0.4, -0.2) is 26.8 Å². The van der Waals surface area contributed by atoms with Crippen LogP contribution in [-0.2, 0) is 11.2 Å². The largest absolute Gasteiger partial charge is 0.383 e. The maximum absolute atomic E-state index is 5.14. The molecule has 0 spiro atoms. The molecular weight excluding hydrogens is 278 g/mol. The molecule has 1 N–H and O–H groups in total. The number of hydrogen-bond acceptors (Lipinski definition) is 3. The Hall–Kier alpha value is -0.900. The van der Waals surface area contributed by atoms with E-state index in [0.29, 0.717) is 5.41 Å². The van der Waals surface area contributed by atoms with Crippen molar-refractivity contribution in [1.82, 2.24) is 5.32 Å². The predicted octanol–water partition coefficient (Wildman–Crippen LogP) is 4.24. The van der Waals surface area contributed by atoms with E-state index >= 15 is 0 Å².